The Morgan fingerprint density at radius 1 is 1.67 bits per heavy atom. The van der Waals surface area contributed by atoms with Gasteiger partial charge < -0.3 is 16.2 Å². The molecule has 2 saturated heterocycles. The van der Waals surface area contributed by atoms with Crippen LogP contribution in [0.25, 0.3) is 0 Å². The first-order chi connectivity index (χ1) is 5.65. The second-order valence-corrected chi connectivity index (χ2v) is 4.43. The lowest BCUT2D eigenvalue weighted by Gasteiger charge is -2.44. The first-order valence-electron chi connectivity index (χ1n) is 4.81. The van der Waals surface area contributed by atoms with E-state index in [1.54, 1.807) is 0 Å². The van der Waals surface area contributed by atoms with Gasteiger partial charge in [0.15, 0.2) is 0 Å². The van der Waals surface area contributed by atoms with Gasteiger partial charge in [0, 0.05) is 12.0 Å². The fourth-order valence-corrected chi connectivity index (χ4v) is 2.88. The summed E-state index contributed by atoms with van der Waals surface area (Å²) in [5.74, 6) is 1.16. The number of aliphatic hydroxyl groups is 1. The van der Waals surface area contributed by atoms with Crippen molar-refractivity contribution in [1.82, 2.24) is 5.32 Å². The van der Waals surface area contributed by atoms with E-state index in [-0.39, 0.29) is 0 Å². The molecule has 2 aliphatic heterocycles. The van der Waals surface area contributed by atoms with Crippen LogP contribution in [0.4, 0.5) is 0 Å². The molecule has 0 aromatic heterocycles. The van der Waals surface area contributed by atoms with Crippen LogP contribution in [-0.4, -0.2) is 29.8 Å². The van der Waals surface area contributed by atoms with Crippen LogP contribution in [0.2, 0.25) is 0 Å². The smallest absolute Gasteiger partial charge is 0.0677 e. The van der Waals surface area contributed by atoms with Crippen molar-refractivity contribution in [3.8, 4) is 0 Å². The van der Waals surface area contributed by atoms with Crippen molar-refractivity contribution in [3.63, 3.8) is 0 Å². The lowest BCUT2D eigenvalue weighted by Crippen LogP contribution is -2.52. The van der Waals surface area contributed by atoms with Gasteiger partial charge in [0.25, 0.3) is 0 Å². The zero-order chi connectivity index (χ0) is 8.77. The minimum Gasteiger partial charge on any atom is -0.390 e. The molecular weight excluding hydrogens is 152 g/mol. The summed E-state index contributed by atoms with van der Waals surface area (Å²) in [4.78, 5) is 0. The van der Waals surface area contributed by atoms with E-state index in [9.17, 15) is 5.11 Å². The molecule has 2 bridgehead atoms. The number of hydrogen-bond donors (Lipinski definition) is 3. The second-order valence-electron chi connectivity index (χ2n) is 4.43. The standard InChI is InChI=1S/C9H18N2O/c1-9(12,2-3-10)8-6-4-7(8)11-5-6/h6-8,11-12H,2-5,10H2,1H3. The minimum atomic E-state index is -0.536. The predicted molar refractivity (Wildman–Crippen MR) is 47.7 cm³/mol. The molecule has 2 heterocycles. The van der Waals surface area contributed by atoms with Crippen LogP contribution < -0.4 is 11.1 Å². The van der Waals surface area contributed by atoms with Crippen LogP contribution in [0.3, 0.4) is 0 Å². The molecule has 1 saturated carbocycles. The van der Waals surface area contributed by atoms with E-state index in [2.05, 4.69) is 5.32 Å². The predicted octanol–water partition coefficient (Wildman–Crippen LogP) is -0.306. The molecule has 0 aromatic rings. The monoisotopic (exact) mass is 170 g/mol. The quantitative estimate of drug-likeness (QED) is 0.545. The van der Waals surface area contributed by atoms with Crippen LogP contribution in [0.1, 0.15) is 19.8 Å². The highest BCUT2D eigenvalue weighted by molar-refractivity contribution is 5.08. The van der Waals surface area contributed by atoms with E-state index in [4.69, 9.17) is 5.73 Å². The molecule has 70 valence electrons. The maximum Gasteiger partial charge on any atom is 0.0677 e. The van der Waals surface area contributed by atoms with Gasteiger partial charge in [-0.1, -0.05) is 0 Å². The third-order valence-corrected chi connectivity index (χ3v) is 3.51. The molecule has 4 N–H and O–H groups in total. The van der Waals surface area contributed by atoms with Gasteiger partial charge in [-0.05, 0) is 38.8 Å². The minimum absolute atomic E-state index is 0.459. The molecule has 1 aliphatic carbocycles. The van der Waals surface area contributed by atoms with Crippen molar-refractivity contribution in [2.75, 3.05) is 13.1 Å². The second kappa shape index (κ2) is 2.69. The molecule has 12 heavy (non-hydrogen) atoms. The van der Waals surface area contributed by atoms with E-state index in [0.717, 1.165) is 13.0 Å². The van der Waals surface area contributed by atoms with E-state index >= 15 is 0 Å². The SMILES string of the molecule is CC(O)(CCN)C1C2CNC1C2. The molecule has 3 aliphatic rings. The molecule has 4 unspecified atom stereocenters. The Kier molecular flexibility index (Phi) is 1.90. The number of nitrogens with two attached hydrogens (primary N) is 1. The Morgan fingerprint density at radius 2 is 2.42 bits per heavy atom. The number of fused-ring (bicyclic) bond motifs is 1. The number of rotatable bonds is 3. The summed E-state index contributed by atoms with van der Waals surface area (Å²) in [7, 11) is 0. The third kappa shape index (κ3) is 1.08. The zero-order valence-electron chi connectivity index (χ0n) is 7.59. The van der Waals surface area contributed by atoms with Gasteiger partial charge in [0.2, 0.25) is 0 Å². The Hall–Kier alpha value is -0.120. The highest BCUT2D eigenvalue weighted by atomic mass is 16.3. The Balaban J connectivity index is 2.00. The maximum atomic E-state index is 10.1. The van der Waals surface area contributed by atoms with Crippen molar-refractivity contribution in [1.29, 1.82) is 0 Å². The first-order valence-corrected chi connectivity index (χ1v) is 4.81. The van der Waals surface area contributed by atoms with Gasteiger partial charge >= 0.3 is 0 Å². The van der Waals surface area contributed by atoms with E-state index in [1.807, 2.05) is 6.92 Å². The van der Waals surface area contributed by atoms with Crippen LogP contribution in [0, 0.1) is 11.8 Å². The molecule has 0 spiro atoms. The highest BCUT2D eigenvalue weighted by Crippen LogP contribution is 2.47. The number of nitrogens with one attached hydrogen (secondary N) is 1. The van der Waals surface area contributed by atoms with Crippen molar-refractivity contribution < 1.29 is 5.11 Å². The molecule has 4 atom stereocenters. The average molecular weight is 170 g/mol. The van der Waals surface area contributed by atoms with Gasteiger partial charge in [0.05, 0.1) is 5.60 Å². The van der Waals surface area contributed by atoms with Gasteiger partial charge in [-0.25, -0.2) is 0 Å². The van der Waals surface area contributed by atoms with Crippen molar-refractivity contribution >= 4 is 0 Å². The molecule has 0 radical (unpaired) electrons. The fraction of sp³-hybridized carbons (Fsp3) is 1.00. The Bertz CT molecular complexity index is 167. The fourth-order valence-electron chi connectivity index (χ4n) is 2.88. The van der Waals surface area contributed by atoms with E-state index < -0.39 is 5.60 Å². The van der Waals surface area contributed by atoms with Gasteiger partial charge in [-0.15, -0.1) is 0 Å². The Labute approximate surface area is 73.3 Å². The summed E-state index contributed by atoms with van der Waals surface area (Å²) in [6.07, 6.45) is 1.98. The average Bonchev–Trinajstić information content (AvgIpc) is 2.40. The molecular formula is C9H18N2O. The third-order valence-electron chi connectivity index (χ3n) is 3.51. The summed E-state index contributed by atoms with van der Waals surface area (Å²) in [6, 6.07) is 0.566. The van der Waals surface area contributed by atoms with Crippen LogP contribution in [-0.2, 0) is 0 Å². The Morgan fingerprint density at radius 3 is 2.83 bits per heavy atom. The van der Waals surface area contributed by atoms with Crippen molar-refractivity contribution in [3.05, 3.63) is 0 Å². The lowest BCUT2D eigenvalue weighted by atomic mass is 9.64. The summed E-state index contributed by atoms with van der Waals surface area (Å²) in [5.41, 5.74) is 4.93. The van der Waals surface area contributed by atoms with E-state index in [1.165, 1.54) is 6.42 Å². The molecule has 0 amide bonds. The van der Waals surface area contributed by atoms with Gasteiger partial charge in [0.1, 0.15) is 0 Å². The summed E-state index contributed by atoms with van der Waals surface area (Å²) in [5, 5.41) is 13.5. The topological polar surface area (TPSA) is 58.3 Å². The molecule has 3 nitrogen and oxygen atoms in total. The first kappa shape index (κ1) is 8.48. The summed E-state index contributed by atoms with van der Waals surface area (Å²) in [6.45, 7) is 3.61. The van der Waals surface area contributed by atoms with Crippen molar-refractivity contribution in [2.24, 2.45) is 17.6 Å². The lowest BCUT2D eigenvalue weighted by molar-refractivity contribution is -0.0629. The molecule has 3 fully saturated rings. The highest BCUT2D eigenvalue weighted by Gasteiger charge is 2.54. The number of hydrogen-bond acceptors (Lipinski definition) is 3. The molecule has 0 aromatic carbocycles. The van der Waals surface area contributed by atoms with Gasteiger partial charge in [-0.3, -0.25) is 0 Å². The summed E-state index contributed by atoms with van der Waals surface area (Å²) >= 11 is 0. The zero-order valence-corrected chi connectivity index (χ0v) is 7.59. The normalized spacial score (nSPS) is 43.8. The van der Waals surface area contributed by atoms with Gasteiger partial charge in [-0.2, -0.15) is 0 Å². The maximum absolute atomic E-state index is 10.1. The van der Waals surface area contributed by atoms with E-state index in [0.29, 0.717) is 24.4 Å². The largest absolute Gasteiger partial charge is 0.390 e. The van der Waals surface area contributed by atoms with Crippen molar-refractivity contribution in [2.45, 2.75) is 31.4 Å². The van der Waals surface area contributed by atoms with Crippen LogP contribution in [0.5, 0.6) is 0 Å². The summed E-state index contributed by atoms with van der Waals surface area (Å²) < 4.78 is 0. The molecule has 3 heteroatoms. The molecule has 3 rings (SSSR count). The van der Waals surface area contributed by atoms with Crippen LogP contribution in [0.15, 0.2) is 0 Å². The van der Waals surface area contributed by atoms with Crippen LogP contribution >= 0.6 is 0 Å².